The molecule has 3 aromatic rings. The number of aliphatic carboxylic acids is 1. The molecular weight excluding hydrogens is 392 g/mol. The SMILES string of the molecule is Cc1ccc2nc(-c3ccc(N4CCC(OC5CC(C)(C(=O)O)C5)CC4)nc3)[nH]c2c1. The first-order valence-corrected chi connectivity index (χ1v) is 11.0. The number of nitrogens with one attached hydrogen (secondary N) is 1. The highest BCUT2D eigenvalue weighted by Gasteiger charge is 2.47. The van der Waals surface area contributed by atoms with Crippen LogP contribution in [0.25, 0.3) is 22.4 Å². The molecular formula is C24H28N4O3. The topological polar surface area (TPSA) is 91.3 Å². The molecule has 1 aromatic carbocycles. The van der Waals surface area contributed by atoms with Crippen LogP contribution in [0.5, 0.6) is 0 Å². The number of fused-ring (bicyclic) bond motifs is 1. The first-order chi connectivity index (χ1) is 14.9. The number of aromatic amines is 1. The number of aryl methyl sites for hydroxylation is 1. The quantitative estimate of drug-likeness (QED) is 0.644. The number of pyridine rings is 1. The molecule has 3 heterocycles. The van der Waals surface area contributed by atoms with Crippen LogP contribution in [0.15, 0.2) is 36.5 Å². The van der Waals surface area contributed by atoms with Gasteiger partial charge in [0.05, 0.1) is 28.7 Å². The molecule has 2 N–H and O–H groups in total. The molecule has 2 aliphatic rings. The van der Waals surface area contributed by atoms with Gasteiger partial charge in [0.15, 0.2) is 0 Å². The standard InChI is InChI=1S/C24H28N4O3/c1-15-3-5-19-20(11-15)27-22(26-19)16-4-6-21(25-14-16)28-9-7-17(8-10-28)31-18-12-24(2,13-18)23(29)30/h3-6,11,14,17-18H,7-10,12-13H2,1-2H3,(H,26,27)(H,29,30). The number of H-pyrrole nitrogens is 1. The third-order valence-electron chi connectivity index (χ3n) is 6.68. The zero-order chi connectivity index (χ0) is 21.6. The second kappa shape index (κ2) is 7.64. The number of hydrogen-bond acceptors (Lipinski definition) is 5. The Hall–Kier alpha value is -2.93. The van der Waals surface area contributed by atoms with Crippen molar-refractivity contribution in [1.82, 2.24) is 15.0 Å². The molecule has 0 amide bonds. The van der Waals surface area contributed by atoms with Gasteiger partial charge in [-0.3, -0.25) is 4.79 Å². The van der Waals surface area contributed by atoms with Crippen LogP contribution in [0.4, 0.5) is 5.82 Å². The lowest BCUT2D eigenvalue weighted by molar-refractivity contribution is -0.170. The number of carbonyl (C=O) groups is 1. The summed E-state index contributed by atoms with van der Waals surface area (Å²) in [6.07, 6.45) is 5.28. The molecule has 31 heavy (non-hydrogen) atoms. The Balaban J connectivity index is 1.17. The number of nitrogens with zero attached hydrogens (tertiary/aromatic N) is 3. The Bertz CT molecular complexity index is 1090. The van der Waals surface area contributed by atoms with Crippen molar-refractivity contribution >= 4 is 22.8 Å². The lowest BCUT2D eigenvalue weighted by Gasteiger charge is -2.44. The van der Waals surface area contributed by atoms with E-state index >= 15 is 0 Å². The zero-order valence-corrected chi connectivity index (χ0v) is 18.0. The highest BCUT2D eigenvalue weighted by molar-refractivity contribution is 5.80. The second-order valence-electron chi connectivity index (χ2n) is 9.23. The van der Waals surface area contributed by atoms with Gasteiger partial charge in [-0.15, -0.1) is 0 Å². The van der Waals surface area contributed by atoms with Gasteiger partial charge in [0.1, 0.15) is 11.6 Å². The third kappa shape index (κ3) is 3.90. The molecule has 0 bridgehead atoms. The van der Waals surface area contributed by atoms with Crippen molar-refractivity contribution in [2.24, 2.45) is 5.41 Å². The predicted molar refractivity (Wildman–Crippen MR) is 119 cm³/mol. The number of rotatable bonds is 5. The van der Waals surface area contributed by atoms with Crippen LogP contribution in [0.2, 0.25) is 0 Å². The van der Waals surface area contributed by atoms with Gasteiger partial charge in [0.2, 0.25) is 0 Å². The average Bonchev–Trinajstić information content (AvgIpc) is 3.16. The number of ether oxygens (including phenoxy) is 1. The Morgan fingerprint density at radius 1 is 1.19 bits per heavy atom. The molecule has 0 unspecified atom stereocenters. The molecule has 1 aliphatic heterocycles. The molecule has 1 aliphatic carbocycles. The van der Waals surface area contributed by atoms with Crippen LogP contribution >= 0.6 is 0 Å². The molecule has 0 atom stereocenters. The molecule has 7 heteroatoms. The number of hydrogen-bond donors (Lipinski definition) is 2. The van der Waals surface area contributed by atoms with Crippen molar-refractivity contribution in [2.75, 3.05) is 18.0 Å². The van der Waals surface area contributed by atoms with Crippen LogP contribution < -0.4 is 4.90 Å². The van der Waals surface area contributed by atoms with Gasteiger partial charge < -0.3 is 19.7 Å². The second-order valence-corrected chi connectivity index (χ2v) is 9.23. The lowest BCUT2D eigenvalue weighted by Crippen LogP contribution is -2.48. The van der Waals surface area contributed by atoms with Crippen molar-refractivity contribution in [3.05, 3.63) is 42.1 Å². The summed E-state index contributed by atoms with van der Waals surface area (Å²) in [5.74, 6) is 1.09. The minimum absolute atomic E-state index is 0.0858. The highest BCUT2D eigenvalue weighted by Crippen LogP contribution is 2.43. The zero-order valence-electron chi connectivity index (χ0n) is 18.0. The van der Waals surface area contributed by atoms with Crippen molar-refractivity contribution in [2.45, 2.75) is 51.7 Å². The Morgan fingerprint density at radius 3 is 2.65 bits per heavy atom. The van der Waals surface area contributed by atoms with Crippen LogP contribution in [-0.4, -0.2) is 51.3 Å². The summed E-state index contributed by atoms with van der Waals surface area (Å²) in [4.78, 5) is 26.3. The summed E-state index contributed by atoms with van der Waals surface area (Å²) in [6.45, 7) is 5.66. The largest absolute Gasteiger partial charge is 0.481 e. The first-order valence-electron chi connectivity index (χ1n) is 11.0. The van der Waals surface area contributed by atoms with Gasteiger partial charge in [0.25, 0.3) is 0 Å². The van der Waals surface area contributed by atoms with Gasteiger partial charge in [0, 0.05) is 24.8 Å². The maximum absolute atomic E-state index is 11.2. The van der Waals surface area contributed by atoms with E-state index in [1.54, 1.807) is 6.92 Å². The smallest absolute Gasteiger partial charge is 0.309 e. The lowest BCUT2D eigenvalue weighted by atomic mass is 9.68. The Kier molecular flexibility index (Phi) is 4.93. The van der Waals surface area contributed by atoms with E-state index < -0.39 is 11.4 Å². The summed E-state index contributed by atoms with van der Waals surface area (Å²) in [5, 5.41) is 9.24. The summed E-state index contributed by atoms with van der Waals surface area (Å²) >= 11 is 0. The summed E-state index contributed by atoms with van der Waals surface area (Å²) in [6, 6.07) is 10.3. The van der Waals surface area contributed by atoms with Gasteiger partial charge in [-0.25, -0.2) is 9.97 Å². The molecule has 2 fully saturated rings. The normalized spacial score (nSPS) is 24.3. The minimum atomic E-state index is -0.713. The van der Waals surface area contributed by atoms with Crippen LogP contribution in [0, 0.1) is 12.3 Å². The summed E-state index contributed by atoms with van der Waals surface area (Å²) in [5.41, 5.74) is 3.58. The predicted octanol–water partition coefficient (Wildman–Crippen LogP) is 4.17. The number of piperidine rings is 1. The first kappa shape index (κ1) is 20.0. The highest BCUT2D eigenvalue weighted by atomic mass is 16.5. The van der Waals surface area contributed by atoms with E-state index in [0.29, 0.717) is 12.8 Å². The number of anilines is 1. The summed E-state index contributed by atoms with van der Waals surface area (Å²) in [7, 11) is 0. The van der Waals surface area contributed by atoms with E-state index in [-0.39, 0.29) is 12.2 Å². The minimum Gasteiger partial charge on any atom is -0.481 e. The van der Waals surface area contributed by atoms with Crippen molar-refractivity contribution < 1.29 is 14.6 Å². The maximum atomic E-state index is 11.2. The number of carboxylic acid groups (broad SMARTS) is 1. The van der Waals surface area contributed by atoms with Gasteiger partial charge in [-0.2, -0.15) is 0 Å². The van der Waals surface area contributed by atoms with E-state index in [1.807, 2.05) is 12.3 Å². The average molecular weight is 421 g/mol. The Labute approximate surface area is 181 Å². The Morgan fingerprint density at radius 2 is 1.97 bits per heavy atom. The number of imidazole rings is 1. The van der Waals surface area contributed by atoms with Gasteiger partial charge in [-0.05, 0) is 69.4 Å². The fourth-order valence-electron chi connectivity index (χ4n) is 4.68. The van der Waals surface area contributed by atoms with E-state index in [4.69, 9.17) is 4.74 Å². The van der Waals surface area contributed by atoms with Crippen molar-refractivity contribution in [3.8, 4) is 11.4 Å². The monoisotopic (exact) mass is 420 g/mol. The van der Waals surface area contributed by atoms with E-state index in [1.165, 1.54) is 5.56 Å². The summed E-state index contributed by atoms with van der Waals surface area (Å²) < 4.78 is 6.15. The molecule has 1 saturated carbocycles. The molecule has 162 valence electrons. The van der Waals surface area contributed by atoms with Crippen LogP contribution in [0.3, 0.4) is 0 Å². The van der Waals surface area contributed by atoms with Crippen LogP contribution in [0.1, 0.15) is 38.2 Å². The maximum Gasteiger partial charge on any atom is 0.309 e. The van der Waals surface area contributed by atoms with Gasteiger partial charge >= 0.3 is 5.97 Å². The molecule has 1 saturated heterocycles. The van der Waals surface area contributed by atoms with E-state index in [0.717, 1.165) is 54.2 Å². The van der Waals surface area contributed by atoms with Crippen molar-refractivity contribution in [3.63, 3.8) is 0 Å². The van der Waals surface area contributed by atoms with Crippen molar-refractivity contribution in [1.29, 1.82) is 0 Å². The molecule has 5 rings (SSSR count). The number of aromatic nitrogens is 3. The molecule has 0 spiro atoms. The van der Waals surface area contributed by atoms with Gasteiger partial charge in [-0.1, -0.05) is 6.07 Å². The van der Waals surface area contributed by atoms with E-state index in [2.05, 4.69) is 51.0 Å². The molecule has 0 radical (unpaired) electrons. The third-order valence-corrected chi connectivity index (χ3v) is 6.68. The number of carboxylic acids is 1. The van der Waals surface area contributed by atoms with Crippen LogP contribution in [-0.2, 0) is 9.53 Å². The fourth-order valence-corrected chi connectivity index (χ4v) is 4.68. The molecule has 7 nitrogen and oxygen atoms in total. The van der Waals surface area contributed by atoms with E-state index in [9.17, 15) is 9.90 Å². The number of benzene rings is 1. The molecule has 2 aromatic heterocycles. The fraction of sp³-hybridized carbons (Fsp3) is 0.458.